The Balaban J connectivity index is 1.32. The van der Waals surface area contributed by atoms with E-state index in [2.05, 4.69) is 226 Å². The van der Waals surface area contributed by atoms with Crippen molar-refractivity contribution < 1.29 is 0 Å². The molecule has 0 unspecified atom stereocenters. The Morgan fingerprint density at radius 3 is 1.68 bits per heavy atom. The van der Waals surface area contributed by atoms with Crippen LogP contribution in [0.3, 0.4) is 0 Å². The second kappa shape index (κ2) is 13.6. The summed E-state index contributed by atoms with van der Waals surface area (Å²) in [5, 5.41) is 4.89. The van der Waals surface area contributed by atoms with E-state index in [0.717, 1.165) is 17.1 Å². The lowest BCUT2D eigenvalue weighted by Gasteiger charge is -2.35. The van der Waals surface area contributed by atoms with Crippen LogP contribution < -0.4 is 4.90 Å². The zero-order valence-corrected chi connectivity index (χ0v) is 32.1. The van der Waals surface area contributed by atoms with Crippen molar-refractivity contribution >= 4 is 38.6 Å². The van der Waals surface area contributed by atoms with Crippen molar-refractivity contribution in [1.82, 2.24) is 0 Å². The predicted octanol–water partition coefficient (Wildman–Crippen LogP) is 14.9. The lowest BCUT2D eigenvalue weighted by molar-refractivity contribution is 0.768. The maximum Gasteiger partial charge on any atom is 0.0714 e. The van der Waals surface area contributed by atoms with Crippen molar-refractivity contribution in [2.75, 3.05) is 4.90 Å². The molecule has 56 heavy (non-hydrogen) atoms. The Morgan fingerprint density at radius 1 is 0.411 bits per heavy atom. The van der Waals surface area contributed by atoms with Crippen LogP contribution in [-0.4, -0.2) is 0 Å². The molecule has 0 atom stereocenters. The first-order valence-corrected chi connectivity index (χ1v) is 19.8. The summed E-state index contributed by atoms with van der Waals surface area (Å²) in [6.07, 6.45) is 0. The van der Waals surface area contributed by atoms with Crippen LogP contribution in [0.2, 0.25) is 0 Å². The fourth-order valence-electron chi connectivity index (χ4n) is 9.47. The van der Waals surface area contributed by atoms with Gasteiger partial charge in [0.1, 0.15) is 0 Å². The fraction of sp³-hybridized carbons (Fsp3) is 0.0909. The van der Waals surface area contributed by atoms with Crippen molar-refractivity contribution in [1.29, 1.82) is 0 Å². The van der Waals surface area contributed by atoms with Gasteiger partial charge in [-0.05, 0) is 121 Å². The van der Waals surface area contributed by atoms with Crippen LogP contribution in [0, 0.1) is 6.92 Å². The van der Waals surface area contributed by atoms with Crippen LogP contribution in [-0.2, 0) is 5.41 Å². The molecule has 1 aliphatic rings. The molecular formula is C55H43N. The standard InChI is InChI=1S/C55H43N/c1-37(2)47-26-14-15-27-48(47)50-34-41-20-12-13-21-42(41)35-53(50)56(45-30-29-39-18-10-11-19-40(39)33-45)46-31-32-49-52(36-46)55(43-22-6-4-7-23-43,44-24-8-5-9-25-44)51-28-16-17-38(3)54(49)51/h4-37H,1-3H3. The maximum atomic E-state index is 2.52. The van der Waals surface area contributed by atoms with E-state index in [-0.39, 0.29) is 0 Å². The van der Waals surface area contributed by atoms with Crippen LogP contribution in [0.25, 0.3) is 43.8 Å². The molecule has 0 fully saturated rings. The van der Waals surface area contributed by atoms with Crippen molar-refractivity contribution in [2.24, 2.45) is 0 Å². The first kappa shape index (κ1) is 33.8. The molecule has 1 heteroatoms. The van der Waals surface area contributed by atoms with Crippen molar-refractivity contribution in [3.05, 3.63) is 234 Å². The minimum atomic E-state index is -0.513. The molecule has 0 spiro atoms. The molecule has 0 saturated heterocycles. The first-order valence-electron chi connectivity index (χ1n) is 19.8. The van der Waals surface area contributed by atoms with E-state index in [0.29, 0.717) is 5.92 Å². The number of hydrogen-bond donors (Lipinski definition) is 0. The Hall–Kier alpha value is -6.70. The topological polar surface area (TPSA) is 3.24 Å². The van der Waals surface area contributed by atoms with Crippen LogP contribution in [0.15, 0.2) is 200 Å². The number of nitrogens with zero attached hydrogens (tertiary/aromatic N) is 1. The van der Waals surface area contributed by atoms with Gasteiger partial charge < -0.3 is 4.90 Å². The molecule has 9 aromatic rings. The summed E-state index contributed by atoms with van der Waals surface area (Å²) in [7, 11) is 0. The number of anilines is 3. The molecule has 268 valence electrons. The zero-order chi connectivity index (χ0) is 37.8. The second-order valence-corrected chi connectivity index (χ2v) is 15.5. The molecule has 0 radical (unpaired) electrons. The molecule has 9 aromatic carbocycles. The van der Waals surface area contributed by atoms with E-state index in [1.54, 1.807) is 0 Å². The van der Waals surface area contributed by atoms with Crippen LogP contribution >= 0.6 is 0 Å². The Morgan fingerprint density at radius 2 is 0.982 bits per heavy atom. The van der Waals surface area contributed by atoms with E-state index >= 15 is 0 Å². The first-order chi connectivity index (χ1) is 27.5. The molecule has 0 aromatic heterocycles. The zero-order valence-electron chi connectivity index (χ0n) is 32.1. The van der Waals surface area contributed by atoms with E-state index in [9.17, 15) is 0 Å². The Kier molecular flexibility index (Phi) is 8.19. The highest BCUT2D eigenvalue weighted by atomic mass is 15.1. The van der Waals surface area contributed by atoms with Gasteiger partial charge in [0.15, 0.2) is 0 Å². The van der Waals surface area contributed by atoms with Gasteiger partial charge >= 0.3 is 0 Å². The van der Waals surface area contributed by atoms with Crippen LogP contribution in [0.1, 0.15) is 53.1 Å². The average molecular weight is 718 g/mol. The predicted molar refractivity (Wildman–Crippen MR) is 238 cm³/mol. The van der Waals surface area contributed by atoms with Crippen LogP contribution in [0.4, 0.5) is 17.1 Å². The highest BCUT2D eigenvalue weighted by molar-refractivity contribution is 6.01. The Bertz CT molecular complexity index is 2860. The summed E-state index contributed by atoms with van der Waals surface area (Å²) in [4.78, 5) is 2.52. The summed E-state index contributed by atoms with van der Waals surface area (Å²) in [6, 6.07) is 74.5. The summed E-state index contributed by atoms with van der Waals surface area (Å²) in [5.41, 5.74) is 15.8. The van der Waals surface area contributed by atoms with Gasteiger partial charge in [0, 0.05) is 16.9 Å². The number of fused-ring (bicyclic) bond motifs is 5. The summed E-state index contributed by atoms with van der Waals surface area (Å²) in [6.45, 7) is 6.86. The molecule has 0 N–H and O–H groups in total. The lowest BCUT2D eigenvalue weighted by atomic mass is 9.67. The molecule has 0 amide bonds. The largest absolute Gasteiger partial charge is 0.310 e. The van der Waals surface area contributed by atoms with Gasteiger partial charge in [0.05, 0.1) is 11.1 Å². The molecule has 1 aliphatic carbocycles. The molecule has 1 nitrogen and oxygen atoms in total. The average Bonchev–Trinajstić information content (AvgIpc) is 3.55. The minimum absolute atomic E-state index is 0.360. The third kappa shape index (κ3) is 5.30. The molecule has 0 bridgehead atoms. The minimum Gasteiger partial charge on any atom is -0.310 e. The van der Waals surface area contributed by atoms with E-state index in [4.69, 9.17) is 0 Å². The van der Waals surface area contributed by atoms with Crippen molar-refractivity contribution in [3.63, 3.8) is 0 Å². The number of benzene rings is 9. The van der Waals surface area contributed by atoms with Gasteiger partial charge in [-0.1, -0.05) is 178 Å². The molecule has 0 saturated carbocycles. The lowest BCUT2D eigenvalue weighted by Crippen LogP contribution is -2.28. The summed E-state index contributed by atoms with van der Waals surface area (Å²) >= 11 is 0. The fourth-order valence-corrected chi connectivity index (χ4v) is 9.47. The third-order valence-corrected chi connectivity index (χ3v) is 12.0. The number of hydrogen-bond acceptors (Lipinski definition) is 1. The monoisotopic (exact) mass is 717 g/mol. The SMILES string of the molecule is Cc1cccc2c1-c1ccc(N(c3ccc4ccccc4c3)c3cc4ccccc4cc3-c3ccccc3C(C)C)cc1C2(c1ccccc1)c1ccccc1. The normalized spacial score (nSPS) is 12.9. The van der Waals surface area contributed by atoms with Gasteiger partial charge in [0.2, 0.25) is 0 Å². The van der Waals surface area contributed by atoms with Gasteiger partial charge in [-0.25, -0.2) is 0 Å². The number of rotatable bonds is 7. The summed E-state index contributed by atoms with van der Waals surface area (Å²) in [5.74, 6) is 0.360. The molecule has 0 aliphatic heterocycles. The highest BCUT2D eigenvalue weighted by Crippen LogP contribution is 2.58. The molecular weight excluding hydrogens is 675 g/mol. The van der Waals surface area contributed by atoms with E-state index in [1.807, 2.05) is 0 Å². The second-order valence-electron chi connectivity index (χ2n) is 15.5. The summed E-state index contributed by atoms with van der Waals surface area (Å²) < 4.78 is 0. The smallest absolute Gasteiger partial charge is 0.0714 e. The maximum absolute atomic E-state index is 2.52. The van der Waals surface area contributed by atoms with E-state index in [1.165, 1.54) is 77.2 Å². The van der Waals surface area contributed by atoms with E-state index < -0.39 is 5.41 Å². The van der Waals surface area contributed by atoms with Gasteiger partial charge in [-0.2, -0.15) is 0 Å². The third-order valence-electron chi connectivity index (χ3n) is 12.0. The van der Waals surface area contributed by atoms with Crippen molar-refractivity contribution in [2.45, 2.75) is 32.1 Å². The van der Waals surface area contributed by atoms with Gasteiger partial charge in [-0.15, -0.1) is 0 Å². The molecule has 10 rings (SSSR count). The van der Waals surface area contributed by atoms with Crippen LogP contribution in [0.5, 0.6) is 0 Å². The highest BCUT2D eigenvalue weighted by Gasteiger charge is 2.47. The van der Waals surface area contributed by atoms with Gasteiger partial charge in [0.25, 0.3) is 0 Å². The quantitative estimate of drug-likeness (QED) is 0.159. The number of aryl methyl sites for hydroxylation is 1. The van der Waals surface area contributed by atoms with Crippen molar-refractivity contribution in [3.8, 4) is 22.3 Å². The Labute approximate surface area is 330 Å². The van der Waals surface area contributed by atoms with Gasteiger partial charge in [-0.3, -0.25) is 0 Å². The molecule has 0 heterocycles.